The monoisotopic (exact) mass is 476 g/mol. The van der Waals surface area contributed by atoms with Gasteiger partial charge >= 0.3 is 0 Å². The van der Waals surface area contributed by atoms with E-state index in [1.54, 1.807) is 12.3 Å². The molecule has 0 bridgehead atoms. The van der Waals surface area contributed by atoms with Gasteiger partial charge in [-0.15, -0.1) is 0 Å². The Bertz CT molecular complexity index is 1060. The molecule has 0 N–H and O–H groups in total. The maximum Gasteiger partial charge on any atom is 0.282 e. The molecule has 0 unspecified atom stereocenters. The summed E-state index contributed by atoms with van der Waals surface area (Å²) in [6, 6.07) is 11.4. The highest BCUT2D eigenvalue weighted by Gasteiger charge is 2.10. The number of aryl methyl sites for hydroxylation is 1. The fraction of sp³-hybridized carbons (Fsp3) is 0.211. The van der Waals surface area contributed by atoms with E-state index < -0.39 is 0 Å². The van der Waals surface area contributed by atoms with Crippen LogP contribution >= 0.6 is 31.9 Å². The Morgan fingerprint density at radius 2 is 1.96 bits per heavy atom. The summed E-state index contributed by atoms with van der Waals surface area (Å²) in [5.41, 5.74) is 2.48. The zero-order valence-electron chi connectivity index (χ0n) is 14.7. The number of rotatable bonds is 4. The Labute approximate surface area is 168 Å². The molecule has 3 rings (SSSR count). The second-order valence-corrected chi connectivity index (χ2v) is 7.78. The topological polar surface area (TPSA) is 50.5 Å². The lowest BCUT2D eigenvalue weighted by Crippen LogP contribution is -2.22. The van der Waals surface area contributed by atoms with Gasteiger partial charge in [-0.05, 0) is 51.8 Å². The molecule has 1 aromatic heterocycles. The maximum absolute atomic E-state index is 12.9. The van der Waals surface area contributed by atoms with Gasteiger partial charge in [0.05, 0.1) is 22.8 Å². The maximum atomic E-state index is 12.9. The Kier molecular flexibility index (Phi) is 5.58. The molecule has 0 aliphatic heterocycles. The Balaban J connectivity index is 2.08. The minimum Gasteiger partial charge on any atom is -0.377 e. The summed E-state index contributed by atoms with van der Waals surface area (Å²) in [4.78, 5) is 19.5. The SMILES string of the molecule is CCc1nc2ccc(Br)cc2c(=O)n1N=Cc1ccc(N(C)C)c(Br)c1. The van der Waals surface area contributed by atoms with Crippen LogP contribution < -0.4 is 10.5 Å². The largest absolute Gasteiger partial charge is 0.377 e. The van der Waals surface area contributed by atoms with Crippen LogP contribution in [0.4, 0.5) is 5.69 Å². The number of hydrogen-bond donors (Lipinski definition) is 0. The minimum absolute atomic E-state index is 0.173. The quantitative estimate of drug-likeness (QED) is 0.522. The summed E-state index contributed by atoms with van der Waals surface area (Å²) in [5.74, 6) is 0.630. The Morgan fingerprint density at radius 1 is 1.19 bits per heavy atom. The molecular weight excluding hydrogens is 460 g/mol. The third-order valence-electron chi connectivity index (χ3n) is 3.97. The molecular formula is C19H18Br2N4O. The van der Waals surface area contributed by atoms with Gasteiger partial charge in [0, 0.05) is 29.5 Å². The van der Waals surface area contributed by atoms with Crippen molar-refractivity contribution in [2.75, 3.05) is 19.0 Å². The number of benzene rings is 2. The molecule has 26 heavy (non-hydrogen) atoms. The number of fused-ring (bicyclic) bond motifs is 1. The lowest BCUT2D eigenvalue weighted by Gasteiger charge is -2.14. The first kappa shape index (κ1) is 18.8. The van der Waals surface area contributed by atoms with Gasteiger partial charge in [0.15, 0.2) is 0 Å². The van der Waals surface area contributed by atoms with E-state index >= 15 is 0 Å². The van der Waals surface area contributed by atoms with Gasteiger partial charge in [-0.2, -0.15) is 9.78 Å². The third kappa shape index (κ3) is 3.73. The van der Waals surface area contributed by atoms with Gasteiger partial charge < -0.3 is 4.90 Å². The number of aromatic nitrogens is 2. The molecule has 0 saturated carbocycles. The predicted octanol–water partition coefficient (Wildman–Crippen LogP) is 4.43. The van der Waals surface area contributed by atoms with Gasteiger partial charge in [-0.1, -0.05) is 28.9 Å². The zero-order chi connectivity index (χ0) is 18.8. The van der Waals surface area contributed by atoms with Crippen LogP contribution in [0, 0.1) is 0 Å². The van der Waals surface area contributed by atoms with Gasteiger partial charge in [0.2, 0.25) is 0 Å². The molecule has 7 heteroatoms. The van der Waals surface area contributed by atoms with Crippen LogP contribution in [0.2, 0.25) is 0 Å². The first-order valence-electron chi connectivity index (χ1n) is 8.13. The van der Waals surface area contributed by atoms with E-state index in [0.29, 0.717) is 23.1 Å². The fourth-order valence-corrected chi connectivity index (χ4v) is 3.75. The third-order valence-corrected chi connectivity index (χ3v) is 5.10. The van der Waals surface area contributed by atoms with Crippen molar-refractivity contribution in [3.05, 3.63) is 67.1 Å². The predicted molar refractivity (Wildman–Crippen MR) is 115 cm³/mol. The molecule has 2 aromatic carbocycles. The molecule has 5 nitrogen and oxygen atoms in total. The van der Waals surface area contributed by atoms with Crippen LogP contribution in [0.15, 0.2) is 55.2 Å². The van der Waals surface area contributed by atoms with E-state index in [0.717, 1.165) is 20.2 Å². The summed E-state index contributed by atoms with van der Waals surface area (Å²) in [6.45, 7) is 1.96. The highest BCUT2D eigenvalue weighted by Crippen LogP contribution is 2.25. The van der Waals surface area contributed by atoms with Crippen LogP contribution in [0.5, 0.6) is 0 Å². The van der Waals surface area contributed by atoms with Crippen LogP contribution in [0.3, 0.4) is 0 Å². The summed E-state index contributed by atoms with van der Waals surface area (Å²) in [5, 5.41) is 4.95. The van der Waals surface area contributed by atoms with E-state index in [2.05, 4.69) is 41.9 Å². The van der Waals surface area contributed by atoms with E-state index in [9.17, 15) is 4.79 Å². The lowest BCUT2D eigenvalue weighted by atomic mass is 10.2. The molecule has 0 amide bonds. The van der Waals surface area contributed by atoms with Gasteiger partial charge in [0.1, 0.15) is 5.82 Å². The van der Waals surface area contributed by atoms with Gasteiger partial charge in [-0.25, -0.2) is 4.98 Å². The smallest absolute Gasteiger partial charge is 0.282 e. The number of anilines is 1. The molecule has 3 aromatic rings. The normalized spacial score (nSPS) is 11.4. The van der Waals surface area contributed by atoms with Crippen molar-refractivity contribution in [2.45, 2.75) is 13.3 Å². The molecule has 0 atom stereocenters. The lowest BCUT2D eigenvalue weighted by molar-refractivity contribution is 0.734. The van der Waals surface area contributed by atoms with Crippen molar-refractivity contribution in [1.82, 2.24) is 9.66 Å². The summed E-state index contributed by atoms with van der Waals surface area (Å²) >= 11 is 6.97. The highest BCUT2D eigenvalue weighted by atomic mass is 79.9. The molecule has 0 radical (unpaired) electrons. The van der Waals surface area contributed by atoms with Crippen LogP contribution in [-0.4, -0.2) is 30.0 Å². The summed E-state index contributed by atoms with van der Waals surface area (Å²) in [7, 11) is 3.97. The number of hydrogen-bond acceptors (Lipinski definition) is 4. The number of nitrogens with zero attached hydrogens (tertiary/aromatic N) is 4. The van der Waals surface area contributed by atoms with Crippen molar-refractivity contribution in [3.63, 3.8) is 0 Å². The Morgan fingerprint density at radius 3 is 2.62 bits per heavy atom. The standard InChI is InChI=1S/C19H18Br2N4O/c1-4-18-23-16-7-6-13(20)10-14(16)19(26)25(18)22-11-12-5-8-17(24(2)3)15(21)9-12/h5-11H,4H2,1-3H3. The first-order chi connectivity index (χ1) is 12.4. The summed E-state index contributed by atoms with van der Waals surface area (Å²) in [6.07, 6.45) is 2.29. The second kappa shape index (κ2) is 7.72. The molecule has 0 fully saturated rings. The van der Waals surface area contributed by atoms with Crippen molar-refractivity contribution in [3.8, 4) is 0 Å². The molecule has 0 aliphatic rings. The molecule has 134 valence electrons. The molecule has 1 heterocycles. The van der Waals surface area contributed by atoms with Crippen LogP contribution in [0.25, 0.3) is 10.9 Å². The van der Waals surface area contributed by atoms with E-state index in [1.165, 1.54) is 4.68 Å². The molecule has 0 spiro atoms. The van der Waals surface area contributed by atoms with E-state index in [-0.39, 0.29) is 5.56 Å². The van der Waals surface area contributed by atoms with Gasteiger partial charge in [0.25, 0.3) is 5.56 Å². The van der Waals surface area contributed by atoms with Crippen LogP contribution in [-0.2, 0) is 6.42 Å². The number of halogens is 2. The van der Waals surface area contributed by atoms with Crippen molar-refractivity contribution >= 4 is 54.7 Å². The zero-order valence-corrected chi connectivity index (χ0v) is 17.9. The average Bonchev–Trinajstić information content (AvgIpc) is 2.61. The molecule has 0 aliphatic carbocycles. The molecule has 0 saturated heterocycles. The first-order valence-corrected chi connectivity index (χ1v) is 9.71. The van der Waals surface area contributed by atoms with E-state index in [4.69, 9.17) is 0 Å². The van der Waals surface area contributed by atoms with Crippen molar-refractivity contribution < 1.29 is 0 Å². The van der Waals surface area contributed by atoms with Crippen molar-refractivity contribution in [2.24, 2.45) is 5.10 Å². The summed E-state index contributed by atoms with van der Waals surface area (Å²) < 4.78 is 3.18. The minimum atomic E-state index is -0.173. The fourth-order valence-electron chi connectivity index (χ4n) is 2.63. The van der Waals surface area contributed by atoms with Gasteiger partial charge in [-0.3, -0.25) is 4.79 Å². The average molecular weight is 478 g/mol. The second-order valence-electron chi connectivity index (χ2n) is 6.01. The highest BCUT2D eigenvalue weighted by molar-refractivity contribution is 9.10. The van der Waals surface area contributed by atoms with Crippen LogP contribution in [0.1, 0.15) is 18.3 Å². The van der Waals surface area contributed by atoms with Crippen molar-refractivity contribution in [1.29, 1.82) is 0 Å². The van der Waals surface area contributed by atoms with E-state index in [1.807, 2.05) is 56.3 Å². The Hall–Kier alpha value is -1.99.